The molecule has 0 atom stereocenters. The zero-order valence-electron chi connectivity index (χ0n) is 21.9. The predicted molar refractivity (Wildman–Crippen MR) is 152 cm³/mol. The normalized spacial score (nSPS) is 20.8. The number of hydrogen-bond donors (Lipinski definition) is 1. The maximum Gasteiger partial charge on any atom is 0.260 e. The standard InChI is InChI=1S/C29H32N2O6S2/c1-30(38(2,34)35)27-11-7-6-10-25(27)28(33)31-16-14-21-18-24(12-13-26(21)31)39(36,37)17-15-29(19-23(32)20-29)22-8-4-3-5-9-22/h3-13,18,23,32H,14-17,19-20H2,1-2H3. The lowest BCUT2D eigenvalue weighted by Crippen LogP contribution is -2.45. The molecule has 5 rings (SSSR count). The number of sulfonamides is 1. The summed E-state index contributed by atoms with van der Waals surface area (Å²) in [5, 5.41) is 10.0. The minimum atomic E-state index is -3.60. The number of anilines is 2. The Morgan fingerprint density at radius 3 is 2.33 bits per heavy atom. The molecule has 0 aromatic heterocycles. The van der Waals surface area contributed by atoms with E-state index in [4.69, 9.17) is 0 Å². The lowest BCUT2D eigenvalue weighted by molar-refractivity contribution is 0.0160. The average Bonchev–Trinajstić information content (AvgIpc) is 3.33. The number of nitrogens with zero attached hydrogens (tertiary/aromatic N) is 2. The molecule has 1 heterocycles. The highest BCUT2D eigenvalue weighted by molar-refractivity contribution is 7.92. The number of fused-ring (bicyclic) bond motifs is 1. The molecule has 2 aliphatic rings. The predicted octanol–water partition coefficient (Wildman–Crippen LogP) is 3.54. The van der Waals surface area contributed by atoms with E-state index in [1.807, 2.05) is 30.3 Å². The lowest BCUT2D eigenvalue weighted by atomic mass is 9.61. The van der Waals surface area contributed by atoms with E-state index >= 15 is 0 Å². The number of sulfone groups is 1. The van der Waals surface area contributed by atoms with Gasteiger partial charge in [-0.3, -0.25) is 9.10 Å². The van der Waals surface area contributed by atoms with E-state index < -0.39 is 26.0 Å². The van der Waals surface area contributed by atoms with E-state index in [0.717, 1.165) is 21.7 Å². The number of benzene rings is 3. The molecular weight excluding hydrogens is 536 g/mol. The fraction of sp³-hybridized carbons (Fsp3) is 0.345. The molecule has 10 heteroatoms. The molecule has 39 heavy (non-hydrogen) atoms. The SMILES string of the molecule is CN(c1ccccc1C(=O)N1CCc2cc(S(=O)(=O)CCC3(c4ccccc4)CC(O)C3)ccc21)S(C)(=O)=O. The molecule has 1 amide bonds. The lowest BCUT2D eigenvalue weighted by Gasteiger charge is -2.46. The van der Waals surface area contributed by atoms with Gasteiger partial charge in [-0.1, -0.05) is 42.5 Å². The Balaban J connectivity index is 1.36. The van der Waals surface area contributed by atoms with Crippen LogP contribution in [0.3, 0.4) is 0 Å². The highest BCUT2D eigenvalue weighted by Crippen LogP contribution is 2.47. The first-order valence-corrected chi connectivity index (χ1v) is 16.4. The quantitative estimate of drug-likeness (QED) is 0.445. The van der Waals surface area contributed by atoms with Gasteiger partial charge in [0.2, 0.25) is 10.0 Å². The molecule has 3 aromatic carbocycles. The molecule has 1 N–H and O–H groups in total. The van der Waals surface area contributed by atoms with Crippen molar-refractivity contribution in [1.29, 1.82) is 0 Å². The van der Waals surface area contributed by atoms with E-state index in [0.29, 0.717) is 37.9 Å². The number of carbonyl (C=O) groups excluding carboxylic acids is 1. The Morgan fingerprint density at radius 2 is 1.67 bits per heavy atom. The van der Waals surface area contributed by atoms with E-state index in [-0.39, 0.29) is 33.2 Å². The number of aliphatic hydroxyl groups excluding tert-OH is 1. The van der Waals surface area contributed by atoms with E-state index in [9.17, 15) is 26.7 Å². The Labute approximate surface area is 229 Å². The molecule has 0 saturated heterocycles. The van der Waals surface area contributed by atoms with Crippen LogP contribution in [0.15, 0.2) is 77.7 Å². The van der Waals surface area contributed by atoms with Crippen molar-refractivity contribution < 1.29 is 26.7 Å². The van der Waals surface area contributed by atoms with Crippen LogP contribution >= 0.6 is 0 Å². The van der Waals surface area contributed by atoms with Gasteiger partial charge in [0, 0.05) is 24.7 Å². The Morgan fingerprint density at radius 1 is 1.00 bits per heavy atom. The van der Waals surface area contributed by atoms with Crippen molar-refractivity contribution in [3.05, 3.63) is 89.5 Å². The number of carbonyl (C=O) groups is 1. The van der Waals surface area contributed by atoms with Gasteiger partial charge in [0.1, 0.15) is 0 Å². The van der Waals surface area contributed by atoms with Crippen molar-refractivity contribution in [2.45, 2.75) is 42.1 Å². The summed E-state index contributed by atoms with van der Waals surface area (Å²) < 4.78 is 52.1. The van der Waals surface area contributed by atoms with Crippen molar-refractivity contribution >= 4 is 37.1 Å². The van der Waals surface area contributed by atoms with Crippen LogP contribution in [0.2, 0.25) is 0 Å². The molecule has 1 aliphatic heterocycles. The van der Waals surface area contributed by atoms with Crippen molar-refractivity contribution in [3.63, 3.8) is 0 Å². The number of amides is 1. The maximum absolute atomic E-state index is 13.5. The maximum atomic E-state index is 13.5. The minimum absolute atomic E-state index is 0.0404. The molecule has 1 fully saturated rings. The summed E-state index contributed by atoms with van der Waals surface area (Å²) in [6.07, 6.45) is 2.67. The Kier molecular flexibility index (Phi) is 7.07. The summed E-state index contributed by atoms with van der Waals surface area (Å²) in [5.74, 6) is -0.384. The first kappa shape index (κ1) is 27.4. The molecule has 206 valence electrons. The van der Waals surface area contributed by atoms with Gasteiger partial charge in [-0.05, 0) is 67.1 Å². The summed E-state index contributed by atoms with van der Waals surface area (Å²) >= 11 is 0. The molecule has 0 bridgehead atoms. The molecule has 0 unspecified atom stereocenters. The van der Waals surface area contributed by atoms with Crippen LogP contribution in [0.4, 0.5) is 11.4 Å². The molecule has 1 aliphatic carbocycles. The van der Waals surface area contributed by atoms with Crippen LogP contribution < -0.4 is 9.21 Å². The van der Waals surface area contributed by atoms with Crippen molar-refractivity contribution in [2.75, 3.05) is 34.8 Å². The zero-order chi connectivity index (χ0) is 28.0. The van der Waals surface area contributed by atoms with Gasteiger partial charge in [-0.2, -0.15) is 0 Å². The van der Waals surface area contributed by atoms with Crippen LogP contribution in [0, 0.1) is 0 Å². The molecule has 0 radical (unpaired) electrons. The monoisotopic (exact) mass is 568 g/mol. The number of rotatable bonds is 8. The average molecular weight is 569 g/mol. The van der Waals surface area contributed by atoms with Gasteiger partial charge >= 0.3 is 0 Å². The van der Waals surface area contributed by atoms with Crippen LogP contribution in [-0.4, -0.2) is 59.6 Å². The van der Waals surface area contributed by atoms with Crippen LogP contribution in [0.1, 0.15) is 40.7 Å². The third kappa shape index (κ3) is 5.20. The Hall–Kier alpha value is -3.21. The summed E-state index contributed by atoms with van der Waals surface area (Å²) in [4.78, 5) is 15.3. The fourth-order valence-electron chi connectivity index (χ4n) is 5.70. The van der Waals surface area contributed by atoms with Crippen molar-refractivity contribution in [3.8, 4) is 0 Å². The largest absolute Gasteiger partial charge is 0.393 e. The molecular formula is C29H32N2O6S2. The third-order valence-corrected chi connectivity index (χ3v) is 10.9. The summed E-state index contributed by atoms with van der Waals surface area (Å²) in [6, 6.07) is 21.2. The van der Waals surface area contributed by atoms with Gasteiger partial charge in [-0.25, -0.2) is 16.8 Å². The minimum Gasteiger partial charge on any atom is -0.393 e. The van der Waals surface area contributed by atoms with Gasteiger partial charge < -0.3 is 10.0 Å². The fourth-order valence-corrected chi connectivity index (χ4v) is 7.71. The zero-order valence-corrected chi connectivity index (χ0v) is 23.6. The van der Waals surface area contributed by atoms with E-state index in [1.54, 1.807) is 47.4 Å². The molecule has 0 spiro atoms. The topological polar surface area (TPSA) is 112 Å². The van der Waals surface area contributed by atoms with Crippen LogP contribution in [0.5, 0.6) is 0 Å². The second-order valence-corrected chi connectivity index (χ2v) is 14.6. The molecule has 3 aromatic rings. The summed E-state index contributed by atoms with van der Waals surface area (Å²) in [5.41, 5.74) is 2.62. The number of hydrogen-bond acceptors (Lipinski definition) is 6. The van der Waals surface area contributed by atoms with E-state index in [2.05, 4.69) is 0 Å². The smallest absolute Gasteiger partial charge is 0.260 e. The summed E-state index contributed by atoms with van der Waals surface area (Å²) in [6.45, 7) is 0.365. The number of para-hydroxylation sites is 1. The highest BCUT2D eigenvalue weighted by atomic mass is 32.2. The molecule has 8 nitrogen and oxygen atoms in total. The molecule has 1 saturated carbocycles. The van der Waals surface area contributed by atoms with Gasteiger partial charge in [0.25, 0.3) is 5.91 Å². The van der Waals surface area contributed by atoms with Gasteiger partial charge in [0.15, 0.2) is 9.84 Å². The highest BCUT2D eigenvalue weighted by Gasteiger charge is 2.45. The summed E-state index contributed by atoms with van der Waals surface area (Å²) in [7, 11) is -5.76. The van der Waals surface area contributed by atoms with Crippen molar-refractivity contribution in [2.24, 2.45) is 0 Å². The van der Waals surface area contributed by atoms with Crippen LogP contribution in [0.25, 0.3) is 0 Å². The van der Waals surface area contributed by atoms with E-state index in [1.165, 1.54) is 7.05 Å². The van der Waals surface area contributed by atoms with Gasteiger partial charge in [0.05, 0.1) is 34.3 Å². The van der Waals surface area contributed by atoms with Crippen molar-refractivity contribution in [1.82, 2.24) is 0 Å². The first-order valence-electron chi connectivity index (χ1n) is 12.9. The second-order valence-electron chi connectivity index (χ2n) is 10.5. The Bertz CT molecular complexity index is 1610. The third-order valence-electron chi connectivity index (χ3n) is 8.01. The first-order chi connectivity index (χ1) is 18.4. The van der Waals surface area contributed by atoms with Gasteiger partial charge in [-0.15, -0.1) is 0 Å². The second kappa shape index (κ2) is 10.1. The van der Waals surface area contributed by atoms with Crippen LogP contribution in [-0.2, 0) is 31.7 Å². The number of aliphatic hydroxyl groups is 1.